The van der Waals surface area contributed by atoms with Crippen molar-refractivity contribution in [3.05, 3.63) is 46.6 Å². The molecule has 1 aromatic rings. The molecule has 0 atom stereocenters. The molecule has 0 aromatic carbocycles. The van der Waals surface area contributed by atoms with E-state index in [1.165, 1.54) is 12.1 Å². The van der Waals surface area contributed by atoms with Gasteiger partial charge in [0.15, 0.2) is 5.43 Å². The SMILES string of the molecule is C=C(O)Cc1cc(=O)cc[nH]1. The third-order valence-electron chi connectivity index (χ3n) is 1.23. The Labute approximate surface area is 64.0 Å². The van der Waals surface area contributed by atoms with Crippen LogP contribution in [-0.2, 0) is 6.42 Å². The van der Waals surface area contributed by atoms with Gasteiger partial charge in [0.1, 0.15) is 0 Å². The van der Waals surface area contributed by atoms with E-state index in [0.717, 1.165) is 0 Å². The maximum Gasteiger partial charge on any atom is 0.181 e. The normalized spacial score (nSPS) is 9.45. The average Bonchev–Trinajstić information content (AvgIpc) is 1.85. The summed E-state index contributed by atoms with van der Waals surface area (Å²) in [4.78, 5) is 13.6. The molecule has 0 aliphatic heterocycles. The molecule has 0 aliphatic carbocycles. The minimum absolute atomic E-state index is 0.0480. The predicted octanol–water partition coefficient (Wildman–Crippen LogP) is 0.989. The van der Waals surface area contributed by atoms with Gasteiger partial charge in [0.2, 0.25) is 0 Å². The van der Waals surface area contributed by atoms with Crippen molar-refractivity contribution in [2.75, 3.05) is 0 Å². The van der Waals surface area contributed by atoms with Gasteiger partial charge in [-0.2, -0.15) is 0 Å². The predicted molar refractivity (Wildman–Crippen MR) is 42.5 cm³/mol. The molecule has 0 unspecified atom stereocenters. The summed E-state index contributed by atoms with van der Waals surface area (Å²) in [5.41, 5.74) is 0.602. The van der Waals surface area contributed by atoms with Gasteiger partial charge in [0, 0.05) is 30.4 Å². The lowest BCUT2D eigenvalue weighted by Crippen LogP contribution is -2.01. The molecule has 0 fully saturated rings. The summed E-state index contributed by atoms with van der Waals surface area (Å²) >= 11 is 0. The number of pyridine rings is 1. The van der Waals surface area contributed by atoms with Crippen LogP contribution in [-0.4, -0.2) is 10.1 Å². The van der Waals surface area contributed by atoms with Gasteiger partial charge in [-0.1, -0.05) is 6.58 Å². The second-order valence-electron chi connectivity index (χ2n) is 2.29. The smallest absolute Gasteiger partial charge is 0.181 e. The number of allylic oxidation sites excluding steroid dienone is 1. The Morgan fingerprint density at radius 3 is 3.00 bits per heavy atom. The Bertz CT molecular complexity index is 314. The molecule has 2 N–H and O–H groups in total. The zero-order valence-corrected chi connectivity index (χ0v) is 6.00. The zero-order chi connectivity index (χ0) is 8.27. The van der Waals surface area contributed by atoms with Crippen molar-refractivity contribution in [2.45, 2.75) is 6.42 Å². The number of hydrogen-bond donors (Lipinski definition) is 2. The first kappa shape index (κ1) is 7.60. The van der Waals surface area contributed by atoms with Crippen LogP contribution >= 0.6 is 0 Å². The Morgan fingerprint density at radius 2 is 2.45 bits per heavy atom. The highest BCUT2D eigenvalue weighted by Crippen LogP contribution is 1.96. The maximum atomic E-state index is 10.7. The second kappa shape index (κ2) is 3.05. The van der Waals surface area contributed by atoms with Crippen molar-refractivity contribution in [1.82, 2.24) is 4.98 Å². The third-order valence-corrected chi connectivity index (χ3v) is 1.23. The number of nitrogens with one attached hydrogen (secondary N) is 1. The average molecular weight is 151 g/mol. The standard InChI is InChI=1S/C8H9NO2/c1-6(10)4-7-5-8(11)2-3-9-7/h2-3,5,10H,1,4H2,(H,9,11). The van der Waals surface area contributed by atoms with E-state index in [2.05, 4.69) is 11.6 Å². The Hall–Kier alpha value is -1.51. The Morgan fingerprint density at radius 1 is 1.73 bits per heavy atom. The second-order valence-corrected chi connectivity index (χ2v) is 2.29. The van der Waals surface area contributed by atoms with Crippen molar-refractivity contribution in [3.8, 4) is 0 Å². The zero-order valence-electron chi connectivity index (χ0n) is 6.00. The van der Waals surface area contributed by atoms with Gasteiger partial charge in [0.05, 0.1) is 5.76 Å². The van der Waals surface area contributed by atoms with Crippen LogP contribution in [0.3, 0.4) is 0 Å². The summed E-state index contributed by atoms with van der Waals surface area (Å²) in [6.07, 6.45) is 1.84. The fraction of sp³-hybridized carbons (Fsp3) is 0.125. The number of aromatic nitrogens is 1. The molecule has 1 rings (SSSR count). The summed E-state index contributed by atoms with van der Waals surface area (Å²) in [6.45, 7) is 3.31. The van der Waals surface area contributed by atoms with E-state index in [9.17, 15) is 4.79 Å². The van der Waals surface area contributed by atoms with Gasteiger partial charge in [-0.15, -0.1) is 0 Å². The maximum absolute atomic E-state index is 10.7. The Kier molecular flexibility index (Phi) is 2.11. The van der Waals surface area contributed by atoms with Gasteiger partial charge < -0.3 is 10.1 Å². The molecular formula is C8H9NO2. The van der Waals surface area contributed by atoms with E-state index in [-0.39, 0.29) is 11.2 Å². The highest BCUT2D eigenvalue weighted by molar-refractivity contribution is 5.08. The van der Waals surface area contributed by atoms with Crippen LogP contribution in [0.2, 0.25) is 0 Å². The molecule has 58 valence electrons. The number of aromatic amines is 1. The molecule has 0 aliphatic rings. The van der Waals surface area contributed by atoms with Crippen molar-refractivity contribution in [3.63, 3.8) is 0 Å². The van der Waals surface area contributed by atoms with Gasteiger partial charge >= 0.3 is 0 Å². The number of H-pyrrole nitrogens is 1. The summed E-state index contributed by atoms with van der Waals surface area (Å²) in [6, 6.07) is 2.85. The minimum Gasteiger partial charge on any atom is -0.513 e. The van der Waals surface area contributed by atoms with Crippen molar-refractivity contribution in [1.29, 1.82) is 0 Å². The molecule has 11 heavy (non-hydrogen) atoms. The van der Waals surface area contributed by atoms with Crippen LogP contribution in [0.4, 0.5) is 0 Å². The number of rotatable bonds is 2. The van der Waals surface area contributed by atoms with Crippen LogP contribution in [0.1, 0.15) is 5.69 Å². The van der Waals surface area contributed by atoms with Gasteiger partial charge in [0.25, 0.3) is 0 Å². The van der Waals surface area contributed by atoms with Crippen molar-refractivity contribution in [2.24, 2.45) is 0 Å². The monoisotopic (exact) mass is 151 g/mol. The first-order valence-electron chi connectivity index (χ1n) is 3.23. The molecule has 0 saturated carbocycles. The van der Waals surface area contributed by atoms with Crippen LogP contribution in [0, 0.1) is 0 Å². The van der Waals surface area contributed by atoms with E-state index in [1.807, 2.05) is 0 Å². The Balaban J connectivity index is 2.88. The molecular weight excluding hydrogens is 142 g/mol. The number of aliphatic hydroxyl groups excluding tert-OH is 1. The molecule has 0 amide bonds. The van der Waals surface area contributed by atoms with Gasteiger partial charge in [-0.3, -0.25) is 4.79 Å². The molecule has 0 spiro atoms. The number of hydrogen-bond acceptors (Lipinski definition) is 2. The quantitative estimate of drug-likeness (QED) is 0.619. The van der Waals surface area contributed by atoms with E-state index in [1.54, 1.807) is 6.20 Å². The largest absolute Gasteiger partial charge is 0.513 e. The number of aliphatic hydroxyl groups is 1. The molecule has 0 saturated heterocycles. The molecule has 0 bridgehead atoms. The fourth-order valence-corrected chi connectivity index (χ4v) is 0.814. The summed E-state index contributed by atoms with van der Waals surface area (Å²) in [5, 5.41) is 8.78. The molecule has 1 heterocycles. The van der Waals surface area contributed by atoms with E-state index in [4.69, 9.17) is 5.11 Å². The third kappa shape index (κ3) is 2.29. The summed E-state index contributed by atoms with van der Waals surface area (Å²) < 4.78 is 0. The van der Waals surface area contributed by atoms with E-state index < -0.39 is 0 Å². The molecule has 3 heteroatoms. The van der Waals surface area contributed by atoms with Crippen molar-refractivity contribution < 1.29 is 5.11 Å². The molecule has 1 aromatic heterocycles. The highest BCUT2D eigenvalue weighted by Gasteiger charge is 1.94. The van der Waals surface area contributed by atoms with Gasteiger partial charge in [-0.25, -0.2) is 0 Å². The summed E-state index contributed by atoms with van der Waals surface area (Å²) in [7, 11) is 0. The van der Waals surface area contributed by atoms with Crippen LogP contribution < -0.4 is 5.43 Å². The fourth-order valence-electron chi connectivity index (χ4n) is 0.814. The highest BCUT2D eigenvalue weighted by atomic mass is 16.3. The van der Waals surface area contributed by atoms with Crippen LogP contribution in [0.5, 0.6) is 0 Å². The lowest BCUT2D eigenvalue weighted by molar-refractivity contribution is 0.400. The molecule has 3 nitrogen and oxygen atoms in total. The van der Waals surface area contributed by atoms with Crippen molar-refractivity contribution >= 4 is 0 Å². The van der Waals surface area contributed by atoms with Crippen LogP contribution in [0.15, 0.2) is 35.5 Å². The summed E-state index contributed by atoms with van der Waals surface area (Å²) in [5.74, 6) is 0.0480. The minimum atomic E-state index is -0.0694. The van der Waals surface area contributed by atoms with E-state index >= 15 is 0 Å². The first-order valence-corrected chi connectivity index (χ1v) is 3.23. The first-order chi connectivity index (χ1) is 5.18. The van der Waals surface area contributed by atoms with Gasteiger partial charge in [-0.05, 0) is 0 Å². The lowest BCUT2D eigenvalue weighted by atomic mass is 10.2. The molecule has 0 radical (unpaired) electrons. The lowest BCUT2D eigenvalue weighted by Gasteiger charge is -1.96. The topological polar surface area (TPSA) is 53.1 Å². The van der Waals surface area contributed by atoms with Crippen LogP contribution in [0.25, 0.3) is 0 Å². The van der Waals surface area contributed by atoms with E-state index in [0.29, 0.717) is 12.1 Å².